The number of carbonyl (C=O) groups excluding carboxylic acids is 3. The highest BCUT2D eigenvalue weighted by Gasteiger charge is 2.41. The van der Waals surface area contributed by atoms with Gasteiger partial charge in [0.1, 0.15) is 10.9 Å². The van der Waals surface area contributed by atoms with Crippen LogP contribution in [0.15, 0.2) is 77.7 Å². The Bertz CT molecular complexity index is 1490. The molecule has 8 nitrogen and oxygen atoms in total. The fourth-order valence-electron chi connectivity index (χ4n) is 4.57. The highest BCUT2D eigenvalue weighted by Crippen LogP contribution is 2.31. The van der Waals surface area contributed by atoms with E-state index in [9.17, 15) is 22.8 Å². The molecule has 1 aliphatic rings. The minimum atomic E-state index is -4.09. The Morgan fingerprint density at radius 3 is 2.25 bits per heavy atom. The van der Waals surface area contributed by atoms with Gasteiger partial charge < -0.3 is 10.2 Å². The number of rotatable bonds is 11. The Labute approximate surface area is 243 Å². The normalized spacial score (nSPS) is 14.5. The van der Waals surface area contributed by atoms with Gasteiger partial charge in [-0.2, -0.15) is 0 Å². The minimum Gasteiger partial charge on any atom is -0.354 e. The third-order valence-corrected chi connectivity index (χ3v) is 9.20. The molecule has 1 N–H and O–H groups in total. The van der Waals surface area contributed by atoms with Gasteiger partial charge in [0.15, 0.2) is 0 Å². The van der Waals surface area contributed by atoms with Gasteiger partial charge in [-0.3, -0.25) is 14.4 Å². The summed E-state index contributed by atoms with van der Waals surface area (Å²) in [5.41, 5.74) is 1.35. The molecule has 1 aliphatic heterocycles. The van der Waals surface area contributed by atoms with Crippen molar-refractivity contribution < 1.29 is 22.8 Å². The quantitative estimate of drug-likeness (QED) is 0.343. The molecular weight excluding hydrogens is 573 g/mol. The first-order chi connectivity index (χ1) is 19.1. The van der Waals surface area contributed by atoms with Crippen molar-refractivity contribution in [3.63, 3.8) is 0 Å². The molecule has 4 rings (SSSR count). The number of halogens is 2. The smallest absolute Gasteiger partial charge is 0.269 e. The van der Waals surface area contributed by atoms with Gasteiger partial charge in [0.2, 0.25) is 11.8 Å². The molecular formula is C29H29Cl2N3O5S. The number of amides is 3. The van der Waals surface area contributed by atoms with Gasteiger partial charge in [0.25, 0.3) is 15.9 Å². The lowest BCUT2D eigenvalue weighted by molar-refractivity contribution is -0.141. The third-order valence-electron chi connectivity index (χ3n) is 6.65. The summed E-state index contributed by atoms with van der Waals surface area (Å²) in [6.45, 7) is 1.87. The van der Waals surface area contributed by atoms with Crippen LogP contribution in [-0.2, 0) is 32.6 Å². The van der Waals surface area contributed by atoms with Crippen LogP contribution in [0.2, 0.25) is 10.0 Å². The molecule has 3 aromatic rings. The van der Waals surface area contributed by atoms with Crippen molar-refractivity contribution in [2.75, 3.05) is 13.1 Å². The van der Waals surface area contributed by atoms with E-state index in [1.807, 2.05) is 37.3 Å². The molecule has 0 aliphatic carbocycles. The summed E-state index contributed by atoms with van der Waals surface area (Å²) >= 11 is 12.9. The van der Waals surface area contributed by atoms with Crippen LogP contribution in [0.25, 0.3) is 0 Å². The molecule has 0 saturated carbocycles. The zero-order valence-electron chi connectivity index (χ0n) is 21.8. The maximum atomic E-state index is 13.9. The molecule has 0 bridgehead atoms. The van der Waals surface area contributed by atoms with Crippen molar-refractivity contribution in [1.29, 1.82) is 0 Å². The lowest BCUT2D eigenvalue weighted by atomic mass is 10.0. The van der Waals surface area contributed by atoms with Crippen LogP contribution >= 0.6 is 23.2 Å². The number of benzene rings is 3. The van der Waals surface area contributed by atoms with Crippen LogP contribution in [0.5, 0.6) is 0 Å². The van der Waals surface area contributed by atoms with Gasteiger partial charge in [-0.15, -0.1) is 0 Å². The lowest BCUT2D eigenvalue weighted by Crippen LogP contribution is -2.51. The van der Waals surface area contributed by atoms with Gasteiger partial charge in [-0.25, -0.2) is 12.7 Å². The van der Waals surface area contributed by atoms with Gasteiger partial charge in [0, 0.05) is 48.1 Å². The molecule has 40 heavy (non-hydrogen) atoms. The maximum absolute atomic E-state index is 13.9. The molecule has 0 spiro atoms. The summed E-state index contributed by atoms with van der Waals surface area (Å²) in [7, 11) is -4.09. The standard InChI is InChI=1S/C29H29Cl2N3O5S/c1-2-16-32-28(36)25(18-20-9-4-3-5-10-20)33(19-22-23(30)12-8-13-24(22)31)27(35)15-17-34-29(37)21-11-6-7-14-26(21)40(34,38)39/h3-14,25H,2,15-19H2,1H3,(H,32,36)/t25-/m0/s1. The van der Waals surface area contributed by atoms with Gasteiger partial charge in [-0.05, 0) is 36.2 Å². The first-order valence-corrected chi connectivity index (χ1v) is 15.0. The Balaban J connectivity index is 1.66. The monoisotopic (exact) mass is 601 g/mol. The first kappa shape index (κ1) is 29.6. The number of nitrogens with one attached hydrogen (secondary N) is 1. The number of hydrogen-bond donors (Lipinski definition) is 1. The molecule has 3 aromatic carbocycles. The second kappa shape index (κ2) is 12.8. The molecule has 0 radical (unpaired) electrons. The zero-order chi connectivity index (χ0) is 28.9. The Kier molecular flexibility index (Phi) is 9.50. The first-order valence-electron chi connectivity index (χ1n) is 12.8. The van der Waals surface area contributed by atoms with Gasteiger partial charge >= 0.3 is 0 Å². The molecule has 1 atom stereocenters. The highest BCUT2D eigenvalue weighted by atomic mass is 35.5. The summed E-state index contributed by atoms with van der Waals surface area (Å²) in [5, 5.41) is 3.52. The molecule has 0 saturated heterocycles. The Morgan fingerprint density at radius 1 is 0.950 bits per heavy atom. The predicted octanol–water partition coefficient (Wildman–Crippen LogP) is 4.69. The van der Waals surface area contributed by atoms with Crippen LogP contribution in [0, 0.1) is 0 Å². The average molecular weight is 603 g/mol. The Morgan fingerprint density at radius 2 is 1.60 bits per heavy atom. The second-order valence-corrected chi connectivity index (χ2v) is 12.0. The number of hydrogen-bond acceptors (Lipinski definition) is 5. The predicted molar refractivity (Wildman–Crippen MR) is 154 cm³/mol. The van der Waals surface area contributed by atoms with E-state index >= 15 is 0 Å². The lowest BCUT2D eigenvalue weighted by Gasteiger charge is -2.32. The minimum absolute atomic E-state index is 0.0653. The molecule has 3 amide bonds. The van der Waals surface area contributed by atoms with Gasteiger partial charge in [-0.1, -0.05) is 78.7 Å². The topological polar surface area (TPSA) is 104 Å². The van der Waals surface area contributed by atoms with E-state index in [1.165, 1.54) is 23.1 Å². The van der Waals surface area contributed by atoms with E-state index in [-0.39, 0.29) is 42.3 Å². The summed E-state index contributed by atoms with van der Waals surface area (Å²) in [5.74, 6) is -1.58. The van der Waals surface area contributed by atoms with Crippen molar-refractivity contribution in [1.82, 2.24) is 14.5 Å². The summed E-state index contributed by atoms with van der Waals surface area (Å²) in [4.78, 5) is 41.5. The van der Waals surface area contributed by atoms with Crippen molar-refractivity contribution >= 4 is 50.9 Å². The van der Waals surface area contributed by atoms with Crippen LogP contribution in [0.3, 0.4) is 0 Å². The average Bonchev–Trinajstić information content (AvgIpc) is 3.14. The molecule has 0 aromatic heterocycles. The van der Waals surface area contributed by atoms with Crippen molar-refractivity contribution in [2.45, 2.75) is 43.7 Å². The molecule has 0 unspecified atom stereocenters. The van der Waals surface area contributed by atoms with Crippen molar-refractivity contribution in [2.24, 2.45) is 0 Å². The third kappa shape index (κ3) is 6.32. The number of nitrogens with zero attached hydrogens (tertiary/aromatic N) is 2. The SMILES string of the molecule is CCCNC(=O)[C@H](Cc1ccccc1)N(Cc1c(Cl)cccc1Cl)C(=O)CCN1C(=O)c2ccccc2S1(=O)=O. The molecule has 1 heterocycles. The van der Waals surface area contributed by atoms with Crippen LogP contribution < -0.4 is 5.32 Å². The van der Waals surface area contributed by atoms with Crippen molar-refractivity contribution in [3.8, 4) is 0 Å². The summed E-state index contributed by atoms with van der Waals surface area (Å²) in [6, 6.07) is 19.2. The maximum Gasteiger partial charge on any atom is 0.269 e. The van der Waals surface area contributed by atoms with E-state index in [0.717, 1.165) is 5.56 Å². The van der Waals surface area contributed by atoms with E-state index in [0.29, 0.717) is 32.9 Å². The van der Waals surface area contributed by atoms with Crippen LogP contribution in [0.1, 0.15) is 41.3 Å². The summed E-state index contributed by atoms with van der Waals surface area (Å²) in [6.07, 6.45) is 0.563. The van der Waals surface area contributed by atoms with E-state index in [1.54, 1.807) is 24.3 Å². The highest BCUT2D eigenvalue weighted by molar-refractivity contribution is 7.90. The van der Waals surface area contributed by atoms with Crippen LogP contribution in [0.4, 0.5) is 0 Å². The fraction of sp³-hybridized carbons (Fsp3) is 0.276. The largest absolute Gasteiger partial charge is 0.354 e. The number of carbonyl (C=O) groups is 3. The molecule has 0 fully saturated rings. The Hall–Kier alpha value is -3.40. The van der Waals surface area contributed by atoms with Gasteiger partial charge in [0.05, 0.1) is 5.56 Å². The molecule has 11 heteroatoms. The van der Waals surface area contributed by atoms with Crippen LogP contribution in [-0.4, -0.2) is 54.5 Å². The van der Waals surface area contributed by atoms with E-state index in [2.05, 4.69) is 5.32 Å². The van der Waals surface area contributed by atoms with E-state index < -0.39 is 27.9 Å². The van der Waals surface area contributed by atoms with Crippen molar-refractivity contribution in [3.05, 3.63) is 99.5 Å². The fourth-order valence-corrected chi connectivity index (χ4v) is 6.65. The number of sulfonamides is 1. The number of fused-ring (bicyclic) bond motifs is 1. The summed E-state index contributed by atoms with van der Waals surface area (Å²) < 4.78 is 26.8. The molecule has 210 valence electrons. The zero-order valence-corrected chi connectivity index (χ0v) is 24.2. The van der Waals surface area contributed by atoms with E-state index in [4.69, 9.17) is 23.2 Å². The second-order valence-electron chi connectivity index (χ2n) is 9.35.